The summed E-state index contributed by atoms with van der Waals surface area (Å²) >= 11 is 11.7. The molecular weight excluding hydrogens is 382 g/mol. The van der Waals surface area contributed by atoms with Gasteiger partial charge in [0.15, 0.2) is 23.3 Å². The van der Waals surface area contributed by atoms with E-state index in [0.717, 1.165) is 6.07 Å². The summed E-state index contributed by atoms with van der Waals surface area (Å²) in [5.41, 5.74) is 0. The van der Waals surface area contributed by atoms with Crippen molar-refractivity contribution in [1.29, 1.82) is 10.5 Å². The number of hydrogen-bond donors (Lipinski definition) is 0. The molecule has 0 aliphatic rings. The smallest absolute Gasteiger partial charge is 0.191 e. The van der Waals surface area contributed by atoms with Crippen molar-refractivity contribution in [2.24, 2.45) is 5.92 Å². The fourth-order valence-electron chi connectivity index (χ4n) is 1.92. The molecule has 0 saturated carbocycles. The quantitative estimate of drug-likeness (QED) is 0.666. The molecule has 132 valence electrons. The summed E-state index contributed by atoms with van der Waals surface area (Å²) in [6, 6.07) is 11.6. The zero-order valence-corrected chi connectivity index (χ0v) is 14.7. The van der Waals surface area contributed by atoms with Crippen molar-refractivity contribution in [3.63, 3.8) is 0 Å². The van der Waals surface area contributed by atoms with Gasteiger partial charge in [0.1, 0.15) is 11.5 Å². The number of carbonyl (C=O) groups is 1. The molecule has 0 aromatic heterocycles. The molecule has 0 unspecified atom stereocenters. The minimum Gasteiger partial charge on any atom is -0.491 e. The Hall–Kier alpha value is -2.80. The lowest BCUT2D eigenvalue weighted by Crippen LogP contribution is -2.14. The molecule has 0 radical (unpaired) electrons. The van der Waals surface area contributed by atoms with Gasteiger partial charge in [0.05, 0.1) is 23.8 Å². The third kappa shape index (κ3) is 5.10. The molecule has 0 atom stereocenters. The second kappa shape index (κ2) is 9.05. The predicted molar refractivity (Wildman–Crippen MR) is 92.8 cm³/mol. The molecule has 0 fully saturated rings. The van der Waals surface area contributed by atoms with E-state index < -0.39 is 17.5 Å². The summed E-state index contributed by atoms with van der Waals surface area (Å²) in [7, 11) is 0. The molecule has 8 heteroatoms. The first-order valence-electron chi connectivity index (χ1n) is 7.31. The van der Waals surface area contributed by atoms with Crippen molar-refractivity contribution in [2.45, 2.75) is 6.42 Å². The highest BCUT2D eigenvalue weighted by atomic mass is 35.5. The number of ether oxygens (including phenoxy) is 2. The number of benzene rings is 2. The Morgan fingerprint density at radius 3 is 2.50 bits per heavy atom. The molecular formula is C18H11Cl2FN2O3. The van der Waals surface area contributed by atoms with Crippen molar-refractivity contribution < 1.29 is 18.7 Å². The van der Waals surface area contributed by atoms with Gasteiger partial charge in [-0.3, -0.25) is 4.79 Å². The van der Waals surface area contributed by atoms with E-state index >= 15 is 0 Å². The van der Waals surface area contributed by atoms with Crippen LogP contribution in [0.1, 0.15) is 6.42 Å². The molecule has 2 aromatic carbocycles. The normalized spacial score (nSPS) is 10.1. The van der Waals surface area contributed by atoms with Gasteiger partial charge in [-0.05, 0) is 30.3 Å². The third-order valence-electron chi connectivity index (χ3n) is 3.21. The average Bonchev–Trinajstić information content (AvgIpc) is 2.61. The third-order valence-corrected chi connectivity index (χ3v) is 3.76. The Balaban J connectivity index is 2.04. The molecule has 26 heavy (non-hydrogen) atoms. The van der Waals surface area contributed by atoms with Gasteiger partial charge in [0.25, 0.3) is 0 Å². The van der Waals surface area contributed by atoms with Gasteiger partial charge in [0, 0.05) is 17.5 Å². The summed E-state index contributed by atoms with van der Waals surface area (Å²) in [5, 5.41) is 17.8. The van der Waals surface area contributed by atoms with Crippen LogP contribution in [0.2, 0.25) is 10.0 Å². The number of ketones is 1. The lowest BCUT2D eigenvalue weighted by Gasteiger charge is -2.11. The van der Waals surface area contributed by atoms with Crippen LogP contribution in [0.15, 0.2) is 36.4 Å². The number of halogens is 3. The second-order valence-corrected chi connectivity index (χ2v) is 5.87. The zero-order chi connectivity index (χ0) is 19.1. The van der Waals surface area contributed by atoms with Gasteiger partial charge in [-0.1, -0.05) is 23.2 Å². The summed E-state index contributed by atoms with van der Waals surface area (Å²) in [5.74, 6) is -2.03. The van der Waals surface area contributed by atoms with Crippen molar-refractivity contribution in [2.75, 3.05) is 6.61 Å². The highest BCUT2D eigenvalue weighted by Gasteiger charge is 2.17. The SMILES string of the molecule is N#CC(C#N)C(=O)CCOc1cc(Oc2ccc(Cl)cc2F)ccc1Cl. The van der Waals surface area contributed by atoms with Crippen molar-refractivity contribution >= 4 is 29.0 Å². The zero-order valence-electron chi connectivity index (χ0n) is 13.2. The molecule has 0 saturated heterocycles. The Bertz CT molecular complexity index is 892. The van der Waals surface area contributed by atoms with Crippen LogP contribution in [0, 0.1) is 34.4 Å². The average molecular weight is 393 g/mol. The fraction of sp³-hybridized carbons (Fsp3) is 0.167. The molecule has 0 heterocycles. The number of Topliss-reactive ketones (excluding diaryl/α,β-unsaturated/α-hetero) is 1. The number of nitrogens with zero attached hydrogens (tertiary/aromatic N) is 2. The summed E-state index contributed by atoms with van der Waals surface area (Å²) < 4.78 is 24.6. The van der Waals surface area contributed by atoms with Crippen molar-refractivity contribution in [3.05, 3.63) is 52.3 Å². The number of hydrogen-bond acceptors (Lipinski definition) is 5. The van der Waals surface area contributed by atoms with Gasteiger partial charge in [-0.15, -0.1) is 0 Å². The fourth-order valence-corrected chi connectivity index (χ4v) is 2.25. The minimum atomic E-state index is -1.32. The van der Waals surface area contributed by atoms with Gasteiger partial charge >= 0.3 is 0 Å². The summed E-state index contributed by atoms with van der Waals surface area (Å²) in [6.07, 6.45) is -0.126. The van der Waals surface area contributed by atoms with E-state index in [-0.39, 0.29) is 40.3 Å². The molecule has 0 bridgehead atoms. The van der Waals surface area contributed by atoms with E-state index in [9.17, 15) is 9.18 Å². The molecule has 5 nitrogen and oxygen atoms in total. The maximum Gasteiger partial charge on any atom is 0.191 e. The molecule has 2 rings (SSSR count). The van der Waals surface area contributed by atoms with Crippen LogP contribution in [-0.2, 0) is 4.79 Å². The lowest BCUT2D eigenvalue weighted by atomic mass is 10.1. The van der Waals surface area contributed by atoms with Crippen LogP contribution in [0.3, 0.4) is 0 Å². The number of carbonyl (C=O) groups excluding carboxylic acids is 1. The first kappa shape index (κ1) is 19.5. The summed E-state index contributed by atoms with van der Waals surface area (Å²) in [6.45, 7) is -0.0722. The van der Waals surface area contributed by atoms with Crippen LogP contribution in [0.25, 0.3) is 0 Å². The van der Waals surface area contributed by atoms with E-state index in [4.69, 9.17) is 43.2 Å². The van der Waals surface area contributed by atoms with E-state index in [2.05, 4.69) is 0 Å². The highest BCUT2D eigenvalue weighted by Crippen LogP contribution is 2.33. The predicted octanol–water partition coefficient (Wildman–Crippen LogP) is 4.93. The maximum atomic E-state index is 13.8. The molecule has 0 spiro atoms. The Labute approximate surface area is 159 Å². The van der Waals surface area contributed by atoms with Crippen LogP contribution in [-0.4, -0.2) is 12.4 Å². The van der Waals surface area contributed by atoms with Crippen LogP contribution >= 0.6 is 23.2 Å². The van der Waals surface area contributed by atoms with Crippen LogP contribution in [0.4, 0.5) is 4.39 Å². The Morgan fingerprint density at radius 2 is 1.85 bits per heavy atom. The second-order valence-electron chi connectivity index (χ2n) is 5.03. The van der Waals surface area contributed by atoms with Gasteiger partial charge in [-0.2, -0.15) is 10.5 Å². The molecule has 0 aliphatic heterocycles. The highest BCUT2D eigenvalue weighted by molar-refractivity contribution is 6.32. The van der Waals surface area contributed by atoms with Crippen molar-refractivity contribution in [3.8, 4) is 29.4 Å². The van der Waals surface area contributed by atoms with E-state index in [1.54, 1.807) is 12.1 Å². The Morgan fingerprint density at radius 1 is 1.12 bits per heavy atom. The van der Waals surface area contributed by atoms with Gasteiger partial charge in [0.2, 0.25) is 0 Å². The largest absolute Gasteiger partial charge is 0.491 e. The van der Waals surface area contributed by atoms with E-state index in [1.807, 2.05) is 0 Å². The van der Waals surface area contributed by atoms with E-state index in [1.165, 1.54) is 30.3 Å². The topological polar surface area (TPSA) is 83.1 Å². The van der Waals surface area contributed by atoms with Crippen molar-refractivity contribution in [1.82, 2.24) is 0 Å². The number of nitriles is 2. The van der Waals surface area contributed by atoms with Crippen LogP contribution < -0.4 is 9.47 Å². The minimum absolute atomic E-state index is 0.0243. The molecule has 0 N–H and O–H groups in total. The number of rotatable bonds is 7. The first-order chi connectivity index (χ1) is 12.4. The lowest BCUT2D eigenvalue weighted by molar-refractivity contribution is -0.120. The standard InChI is InChI=1S/C18H11Cl2FN2O3/c19-12-1-4-17(15(21)7-12)26-13-2-3-14(20)18(8-13)25-6-5-16(24)11(9-22)10-23/h1-4,7-8,11H,5-6H2. The maximum absolute atomic E-state index is 13.8. The van der Waals surface area contributed by atoms with E-state index in [0.29, 0.717) is 0 Å². The summed E-state index contributed by atoms with van der Waals surface area (Å²) in [4.78, 5) is 11.6. The van der Waals surface area contributed by atoms with Gasteiger partial charge in [-0.25, -0.2) is 4.39 Å². The molecule has 0 amide bonds. The molecule has 0 aliphatic carbocycles. The van der Waals surface area contributed by atoms with Gasteiger partial charge < -0.3 is 9.47 Å². The molecule has 2 aromatic rings. The van der Waals surface area contributed by atoms with Crippen LogP contribution in [0.5, 0.6) is 17.2 Å². The first-order valence-corrected chi connectivity index (χ1v) is 8.07. The monoisotopic (exact) mass is 392 g/mol. The Kier molecular flexibility index (Phi) is 6.80.